The number of ether oxygens (including phenoxy) is 1. The van der Waals surface area contributed by atoms with Gasteiger partial charge >= 0.3 is 11.9 Å². The molecular weight excluding hydrogens is 400 g/mol. The van der Waals surface area contributed by atoms with E-state index >= 15 is 0 Å². The number of carboxylic acid groups (broad SMARTS) is 1. The molecule has 2 atom stereocenters. The average molecular weight is 428 g/mol. The molecule has 2 aromatic rings. The van der Waals surface area contributed by atoms with Crippen molar-refractivity contribution < 1.29 is 29.3 Å². The van der Waals surface area contributed by atoms with E-state index < -0.39 is 36.4 Å². The molecule has 0 aliphatic carbocycles. The number of rotatable bonds is 12. The van der Waals surface area contributed by atoms with Crippen molar-refractivity contribution in [2.24, 2.45) is 0 Å². The molecular formula is C23H28N2O6. The van der Waals surface area contributed by atoms with Gasteiger partial charge in [0, 0.05) is 6.42 Å². The Kier molecular flexibility index (Phi) is 9.51. The lowest BCUT2D eigenvalue weighted by molar-refractivity contribution is -0.145. The van der Waals surface area contributed by atoms with E-state index in [4.69, 9.17) is 4.74 Å². The molecule has 0 aliphatic heterocycles. The van der Waals surface area contributed by atoms with Crippen LogP contribution in [0.25, 0.3) is 0 Å². The first-order chi connectivity index (χ1) is 14.9. The quantitative estimate of drug-likeness (QED) is 0.299. The summed E-state index contributed by atoms with van der Waals surface area (Å²) in [7, 11) is 1.24. The first-order valence-electron chi connectivity index (χ1n) is 10.0. The molecule has 0 fully saturated rings. The number of aromatic hydroxyl groups is 1. The number of methoxy groups -OCH3 is 1. The van der Waals surface area contributed by atoms with Gasteiger partial charge in [0.15, 0.2) is 0 Å². The molecule has 2 rings (SSSR count). The fourth-order valence-corrected chi connectivity index (χ4v) is 3.17. The summed E-state index contributed by atoms with van der Waals surface area (Å²) in [5, 5.41) is 24.3. The Hall–Kier alpha value is -3.39. The predicted molar refractivity (Wildman–Crippen MR) is 115 cm³/mol. The summed E-state index contributed by atoms with van der Waals surface area (Å²) in [5.41, 5.74) is 1.78. The maximum atomic E-state index is 12.7. The number of phenols is 1. The van der Waals surface area contributed by atoms with Crippen LogP contribution in [0.3, 0.4) is 0 Å². The standard InChI is InChI=1S/C23H28N2O6/c1-31-23(30)20(14-17-7-3-2-4-8-17)25-22(29)19(15-21(27)28)24-12-6-10-16-9-5-11-18(26)13-16/h2-5,7-9,11,13,19-20,24,26H,6,10,12,14-15H2,1H3,(H,25,29)(H,27,28)/t19-,20-/m0/s1. The second-order valence-corrected chi connectivity index (χ2v) is 7.15. The van der Waals surface area contributed by atoms with Crippen LogP contribution < -0.4 is 10.6 Å². The smallest absolute Gasteiger partial charge is 0.328 e. The number of aryl methyl sites for hydroxylation is 1. The minimum Gasteiger partial charge on any atom is -0.508 e. The first-order valence-corrected chi connectivity index (χ1v) is 10.0. The van der Waals surface area contributed by atoms with Gasteiger partial charge in [-0.3, -0.25) is 9.59 Å². The molecule has 0 radical (unpaired) electrons. The fraction of sp³-hybridized carbons (Fsp3) is 0.348. The van der Waals surface area contributed by atoms with Gasteiger partial charge in [0.2, 0.25) is 5.91 Å². The molecule has 8 nitrogen and oxygen atoms in total. The van der Waals surface area contributed by atoms with E-state index in [1.165, 1.54) is 7.11 Å². The van der Waals surface area contributed by atoms with Crippen LogP contribution in [-0.4, -0.2) is 53.8 Å². The zero-order chi connectivity index (χ0) is 22.6. The number of benzene rings is 2. The zero-order valence-corrected chi connectivity index (χ0v) is 17.4. The van der Waals surface area contributed by atoms with Gasteiger partial charge in [-0.15, -0.1) is 0 Å². The van der Waals surface area contributed by atoms with Crippen molar-refractivity contribution in [3.8, 4) is 5.75 Å². The Morgan fingerprint density at radius 2 is 1.71 bits per heavy atom. The van der Waals surface area contributed by atoms with Crippen LogP contribution in [0.4, 0.5) is 0 Å². The van der Waals surface area contributed by atoms with E-state index in [1.54, 1.807) is 18.2 Å². The van der Waals surface area contributed by atoms with E-state index in [0.717, 1.165) is 11.1 Å². The van der Waals surface area contributed by atoms with Gasteiger partial charge in [-0.1, -0.05) is 42.5 Å². The number of esters is 1. The third kappa shape index (κ3) is 8.47. The largest absolute Gasteiger partial charge is 0.508 e. The lowest BCUT2D eigenvalue weighted by Gasteiger charge is -2.21. The molecule has 4 N–H and O–H groups in total. The summed E-state index contributed by atoms with van der Waals surface area (Å²) in [6.45, 7) is 0.391. The number of hydrogen-bond acceptors (Lipinski definition) is 6. The van der Waals surface area contributed by atoms with E-state index in [1.807, 2.05) is 36.4 Å². The summed E-state index contributed by atoms with van der Waals surface area (Å²) in [6, 6.07) is 14.1. The maximum Gasteiger partial charge on any atom is 0.328 e. The molecule has 0 spiro atoms. The zero-order valence-electron chi connectivity index (χ0n) is 17.4. The highest BCUT2D eigenvalue weighted by atomic mass is 16.5. The number of nitrogens with one attached hydrogen (secondary N) is 2. The van der Waals surface area contributed by atoms with E-state index in [-0.39, 0.29) is 12.2 Å². The van der Waals surface area contributed by atoms with Crippen molar-refractivity contribution in [3.63, 3.8) is 0 Å². The summed E-state index contributed by atoms with van der Waals surface area (Å²) < 4.78 is 4.79. The third-order valence-electron chi connectivity index (χ3n) is 4.72. The van der Waals surface area contributed by atoms with Gasteiger partial charge < -0.3 is 25.6 Å². The highest BCUT2D eigenvalue weighted by Crippen LogP contribution is 2.12. The Balaban J connectivity index is 1.95. The molecule has 0 saturated carbocycles. The Morgan fingerprint density at radius 1 is 1.00 bits per heavy atom. The molecule has 166 valence electrons. The van der Waals surface area contributed by atoms with Crippen molar-refractivity contribution >= 4 is 17.8 Å². The summed E-state index contributed by atoms with van der Waals surface area (Å²) in [4.78, 5) is 36.1. The predicted octanol–water partition coefficient (Wildman–Crippen LogP) is 1.66. The third-order valence-corrected chi connectivity index (χ3v) is 4.72. The SMILES string of the molecule is COC(=O)[C@H](Cc1ccccc1)NC(=O)[C@H](CC(=O)O)NCCCc1cccc(O)c1. The summed E-state index contributed by atoms with van der Waals surface area (Å²) in [6.07, 6.45) is 1.10. The van der Waals surface area contributed by atoms with Crippen LogP contribution in [0.5, 0.6) is 5.75 Å². The monoisotopic (exact) mass is 428 g/mol. The Morgan fingerprint density at radius 3 is 2.35 bits per heavy atom. The van der Waals surface area contributed by atoms with Crippen molar-refractivity contribution in [2.45, 2.75) is 37.8 Å². The van der Waals surface area contributed by atoms with Crippen molar-refractivity contribution in [1.29, 1.82) is 0 Å². The molecule has 0 bridgehead atoms. The van der Waals surface area contributed by atoms with Crippen LogP contribution in [0.15, 0.2) is 54.6 Å². The number of hydrogen-bond donors (Lipinski definition) is 4. The minimum atomic E-state index is -1.13. The van der Waals surface area contributed by atoms with Gasteiger partial charge in [0.25, 0.3) is 0 Å². The first kappa shape index (κ1) is 23.9. The minimum absolute atomic E-state index is 0.181. The number of carboxylic acids is 1. The lowest BCUT2D eigenvalue weighted by Crippen LogP contribution is -2.52. The molecule has 2 aromatic carbocycles. The second-order valence-electron chi connectivity index (χ2n) is 7.15. The van der Waals surface area contributed by atoms with Crippen molar-refractivity contribution in [1.82, 2.24) is 10.6 Å². The number of aliphatic carboxylic acids is 1. The molecule has 0 aromatic heterocycles. The Labute approximate surface area is 181 Å². The molecule has 1 amide bonds. The number of phenolic OH excluding ortho intramolecular Hbond substituents is 1. The summed E-state index contributed by atoms with van der Waals surface area (Å²) in [5.74, 6) is -2.12. The molecule has 8 heteroatoms. The number of carbonyl (C=O) groups is 3. The molecule has 0 saturated heterocycles. The molecule has 0 unspecified atom stereocenters. The highest BCUT2D eigenvalue weighted by molar-refractivity contribution is 5.90. The maximum absolute atomic E-state index is 12.7. The number of amides is 1. The molecule has 31 heavy (non-hydrogen) atoms. The highest BCUT2D eigenvalue weighted by Gasteiger charge is 2.27. The van der Waals surface area contributed by atoms with Crippen molar-refractivity contribution in [2.75, 3.05) is 13.7 Å². The van der Waals surface area contributed by atoms with E-state index in [9.17, 15) is 24.6 Å². The number of carbonyl (C=O) groups excluding carboxylic acids is 2. The van der Waals surface area contributed by atoms with Crippen LogP contribution in [0.1, 0.15) is 24.0 Å². The van der Waals surface area contributed by atoms with Gasteiger partial charge in [-0.05, 0) is 42.6 Å². The van der Waals surface area contributed by atoms with Crippen LogP contribution in [0.2, 0.25) is 0 Å². The van der Waals surface area contributed by atoms with Crippen LogP contribution in [0, 0.1) is 0 Å². The summed E-state index contributed by atoms with van der Waals surface area (Å²) >= 11 is 0. The lowest BCUT2D eigenvalue weighted by atomic mass is 10.0. The van der Waals surface area contributed by atoms with Crippen molar-refractivity contribution in [3.05, 3.63) is 65.7 Å². The molecule has 0 aliphatic rings. The fourth-order valence-electron chi connectivity index (χ4n) is 3.17. The molecule has 0 heterocycles. The van der Waals surface area contributed by atoms with E-state index in [0.29, 0.717) is 19.4 Å². The van der Waals surface area contributed by atoms with Crippen LogP contribution >= 0.6 is 0 Å². The van der Waals surface area contributed by atoms with Gasteiger partial charge in [-0.25, -0.2) is 4.79 Å². The van der Waals surface area contributed by atoms with E-state index in [2.05, 4.69) is 10.6 Å². The topological polar surface area (TPSA) is 125 Å². The average Bonchev–Trinajstić information content (AvgIpc) is 2.75. The normalized spacial score (nSPS) is 12.5. The second kappa shape index (κ2) is 12.3. The van der Waals surface area contributed by atoms with Crippen LogP contribution in [-0.2, 0) is 32.0 Å². The Bertz CT molecular complexity index is 871. The van der Waals surface area contributed by atoms with Gasteiger partial charge in [-0.2, -0.15) is 0 Å². The van der Waals surface area contributed by atoms with Gasteiger partial charge in [0.1, 0.15) is 11.8 Å². The van der Waals surface area contributed by atoms with Gasteiger partial charge in [0.05, 0.1) is 19.6 Å².